The molecule has 9 heteroatoms. The van der Waals surface area contributed by atoms with Crippen molar-refractivity contribution in [1.82, 2.24) is 5.43 Å². The van der Waals surface area contributed by atoms with Gasteiger partial charge in [0.15, 0.2) is 11.5 Å². The first-order valence-electron chi connectivity index (χ1n) is 8.77. The van der Waals surface area contributed by atoms with Crippen LogP contribution in [0.5, 0.6) is 17.2 Å². The lowest BCUT2D eigenvalue weighted by molar-refractivity contribution is -0.136. The molecule has 0 aliphatic carbocycles. The van der Waals surface area contributed by atoms with Gasteiger partial charge in [0.1, 0.15) is 5.75 Å². The summed E-state index contributed by atoms with van der Waals surface area (Å²) >= 11 is 6.23. The number of ether oxygens (including phenoxy) is 3. The predicted octanol–water partition coefficient (Wildman–Crippen LogP) is 3.23. The van der Waals surface area contributed by atoms with Gasteiger partial charge in [0, 0.05) is 11.8 Å². The molecule has 2 aromatic carbocycles. The number of carbonyl (C=O) groups is 2. The van der Waals surface area contributed by atoms with E-state index in [1.807, 2.05) is 6.92 Å². The van der Waals surface area contributed by atoms with Gasteiger partial charge in [0.05, 0.1) is 32.1 Å². The van der Waals surface area contributed by atoms with Gasteiger partial charge in [-0.25, -0.2) is 5.43 Å². The van der Waals surface area contributed by atoms with Gasteiger partial charge in [0.2, 0.25) is 0 Å². The standard InChI is InChI=1S/C20H22ClN3O5/c1-4-8-29-18-16(21)9-13(10-17(18)28-3)12-22-24-20(26)19(25)23-14-6-5-7-15(11-14)27-2/h5-7,9-12H,4,8H2,1-3H3,(H,23,25)(H,24,26)/b22-12-. The van der Waals surface area contributed by atoms with E-state index in [4.69, 9.17) is 25.8 Å². The quantitative estimate of drug-likeness (QED) is 0.389. The zero-order valence-electron chi connectivity index (χ0n) is 16.3. The maximum absolute atomic E-state index is 12.0. The molecular formula is C20H22ClN3O5. The highest BCUT2D eigenvalue weighted by molar-refractivity contribution is 6.39. The Morgan fingerprint density at radius 2 is 1.93 bits per heavy atom. The van der Waals surface area contributed by atoms with E-state index in [0.29, 0.717) is 40.1 Å². The van der Waals surface area contributed by atoms with Crippen LogP contribution >= 0.6 is 11.6 Å². The van der Waals surface area contributed by atoms with Crippen LogP contribution < -0.4 is 25.0 Å². The Kier molecular flexibility index (Phi) is 8.29. The lowest BCUT2D eigenvalue weighted by Gasteiger charge is -2.12. The van der Waals surface area contributed by atoms with Crippen molar-refractivity contribution in [3.05, 3.63) is 47.0 Å². The Balaban J connectivity index is 2.00. The van der Waals surface area contributed by atoms with E-state index in [9.17, 15) is 9.59 Å². The molecule has 0 saturated heterocycles. The number of amides is 2. The van der Waals surface area contributed by atoms with Crippen LogP contribution in [0.3, 0.4) is 0 Å². The number of carbonyl (C=O) groups excluding carboxylic acids is 2. The third kappa shape index (κ3) is 6.39. The number of halogens is 1. The minimum Gasteiger partial charge on any atom is -0.497 e. The first-order valence-corrected chi connectivity index (χ1v) is 9.15. The van der Waals surface area contributed by atoms with E-state index in [0.717, 1.165) is 6.42 Å². The Labute approximate surface area is 173 Å². The molecule has 2 rings (SSSR count). The van der Waals surface area contributed by atoms with Crippen molar-refractivity contribution in [3.63, 3.8) is 0 Å². The molecule has 0 bridgehead atoms. The lowest BCUT2D eigenvalue weighted by Crippen LogP contribution is -2.32. The van der Waals surface area contributed by atoms with E-state index in [-0.39, 0.29) is 0 Å². The fraction of sp³-hybridized carbons (Fsp3) is 0.250. The topological polar surface area (TPSA) is 98.2 Å². The molecule has 0 fully saturated rings. The van der Waals surface area contributed by atoms with Crippen molar-refractivity contribution >= 4 is 35.3 Å². The maximum atomic E-state index is 12.0. The molecule has 0 spiro atoms. The van der Waals surface area contributed by atoms with Crippen molar-refractivity contribution in [2.45, 2.75) is 13.3 Å². The highest BCUT2D eigenvalue weighted by Gasteiger charge is 2.14. The van der Waals surface area contributed by atoms with Crippen LogP contribution in [0.2, 0.25) is 5.02 Å². The highest BCUT2D eigenvalue weighted by Crippen LogP contribution is 2.36. The number of nitrogens with zero attached hydrogens (tertiary/aromatic N) is 1. The Morgan fingerprint density at radius 3 is 2.62 bits per heavy atom. The fourth-order valence-corrected chi connectivity index (χ4v) is 2.54. The van der Waals surface area contributed by atoms with Crippen LogP contribution in [-0.2, 0) is 9.59 Å². The van der Waals surface area contributed by atoms with Gasteiger partial charge in [-0.3, -0.25) is 9.59 Å². The van der Waals surface area contributed by atoms with Crippen molar-refractivity contribution in [2.75, 3.05) is 26.1 Å². The molecule has 0 atom stereocenters. The minimum atomic E-state index is -0.926. The second kappa shape index (κ2) is 10.9. The van der Waals surface area contributed by atoms with Crippen molar-refractivity contribution in [3.8, 4) is 17.2 Å². The molecule has 2 N–H and O–H groups in total. The van der Waals surface area contributed by atoms with E-state index in [1.165, 1.54) is 20.4 Å². The summed E-state index contributed by atoms with van der Waals surface area (Å²) in [6.45, 7) is 2.48. The average molecular weight is 420 g/mol. The molecule has 2 amide bonds. The highest BCUT2D eigenvalue weighted by atomic mass is 35.5. The summed E-state index contributed by atoms with van der Waals surface area (Å²) in [5, 5.41) is 6.59. The fourth-order valence-electron chi connectivity index (χ4n) is 2.26. The smallest absolute Gasteiger partial charge is 0.329 e. The number of hydrogen-bond acceptors (Lipinski definition) is 6. The lowest BCUT2D eigenvalue weighted by atomic mass is 10.2. The second-order valence-electron chi connectivity index (χ2n) is 5.77. The maximum Gasteiger partial charge on any atom is 0.329 e. The van der Waals surface area contributed by atoms with E-state index in [2.05, 4.69) is 15.8 Å². The zero-order chi connectivity index (χ0) is 21.2. The van der Waals surface area contributed by atoms with Crippen LogP contribution in [-0.4, -0.2) is 38.9 Å². The molecular weight excluding hydrogens is 398 g/mol. The number of anilines is 1. The predicted molar refractivity (Wildman–Crippen MR) is 111 cm³/mol. The van der Waals surface area contributed by atoms with Gasteiger partial charge in [-0.2, -0.15) is 5.10 Å². The Morgan fingerprint density at radius 1 is 1.14 bits per heavy atom. The molecule has 0 aliphatic heterocycles. The van der Waals surface area contributed by atoms with E-state index in [1.54, 1.807) is 36.4 Å². The normalized spacial score (nSPS) is 10.5. The molecule has 0 aromatic heterocycles. The number of hydrogen-bond donors (Lipinski definition) is 2. The second-order valence-corrected chi connectivity index (χ2v) is 6.17. The summed E-state index contributed by atoms with van der Waals surface area (Å²) in [6, 6.07) is 9.90. The number of nitrogens with one attached hydrogen (secondary N) is 2. The molecule has 0 unspecified atom stereocenters. The minimum absolute atomic E-state index is 0.348. The van der Waals surface area contributed by atoms with Gasteiger partial charge < -0.3 is 19.5 Å². The van der Waals surface area contributed by atoms with Crippen LogP contribution in [0.15, 0.2) is 41.5 Å². The van der Waals surface area contributed by atoms with Gasteiger partial charge in [-0.05, 0) is 36.2 Å². The number of rotatable bonds is 8. The van der Waals surface area contributed by atoms with Gasteiger partial charge >= 0.3 is 11.8 Å². The van der Waals surface area contributed by atoms with Gasteiger partial charge in [-0.15, -0.1) is 0 Å². The van der Waals surface area contributed by atoms with Gasteiger partial charge in [0.25, 0.3) is 0 Å². The summed E-state index contributed by atoms with van der Waals surface area (Å²) in [4.78, 5) is 23.9. The summed E-state index contributed by atoms with van der Waals surface area (Å²) in [5.41, 5.74) is 3.14. The van der Waals surface area contributed by atoms with Crippen molar-refractivity contribution in [2.24, 2.45) is 5.10 Å². The number of methoxy groups -OCH3 is 2. The molecule has 0 heterocycles. The summed E-state index contributed by atoms with van der Waals surface area (Å²) in [7, 11) is 3.00. The molecule has 0 radical (unpaired) electrons. The molecule has 0 saturated carbocycles. The number of hydrazone groups is 1. The first-order chi connectivity index (χ1) is 14.0. The molecule has 8 nitrogen and oxygen atoms in total. The van der Waals surface area contributed by atoms with Crippen LogP contribution in [0, 0.1) is 0 Å². The van der Waals surface area contributed by atoms with Crippen molar-refractivity contribution < 1.29 is 23.8 Å². The summed E-state index contributed by atoms with van der Waals surface area (Å²) < 4.78 is 15.9. The van der Waals surface area contributed by atoms with Crippen molar-refractivity contribution in [1.29, 1.82) is 0 Å². The summed E-state index contributed by atoms with van der Waals surface area (Å²) in [5.74, 6) is -0.359. The van der Waals surface area contributed by atoms with Crippen LogP contribution in [0.25, 0.3) is 0 Å². The largest absolute Gasteiger partial charge is 0.497 e. The third-order valence-corrected chi connectivity index (χ3v) is 3.90. The third-order valence-electron chi connectivity index (χ3n) is 3.62. The zero-order valence-corrected chi connectivity index (χ0v) is 17.1. The monoisotopic (exact) mass is 419 g/mol. The molecule has 154 valence electrons. The number of benzene rings is 2. The Bertz CT molecular complexity index is 902. The Hall–Kier alpha value is -3.26. The first kappa shape index (κ1) is 22.0. The molecule has 2 aromatic rings. The van der Waals surface area contributed by atoms with Crippen LogP contribution in [0.4, 0.5) is 5.69 Å². The van der Waals surface area contributed by atoms with E-state index < -0.39 is 11.8 Å². The van der Waals surface area contributed by atoms with E-state index >= 15 is 0 Å². The summed E-state index contributed by atoms with van der Waals surface area (Å²) in [6.07, 6.45) is 2.17. The van der Waals surface area contributed by atoms with Crippen LogP contribution in [0.1, 0.15) is 18.9 Å². The molecule has 29 heavy (non-hydrogen) atoms. The molecule has 0 aliphatic rings. The average Bonchev–Trinajstić information content (AvgIpc) is 2.72. The van der Waals surface area contributed by atoms with Gasteiger partial charge in [-0.1, -0.05) is 24.6 Å². The SMILES string of the molecule is CCCOc1c(Cl)cc(/C=N\NC(=O)C(=O)Nc2cccc(OC)c2)cc1OC.